The summed E-state index contributed by atoms with van der Waals surface area (Å²) in [4.78, 5) is 27.3. The number of amides is 1. The van der Waals surface area contributed by atoms with Crippen molar-refractivity contribution < 1.29 is 4.79 Å². The van der Waals surface area contributed by atoms with Crippen LogP contribution in [0.2, 0.25) is 0 Å². The first-order valence-electron chi connectivity index (χ1n) is 11.1. The Kier molecular flexibility index (Phi) is 5.00. The number of likely N-dealkylation sites (tertiary alicyclic amines) is 1. The van der Waals surface area contributed by atoms with Gasteiger partial charge in [0.2, 0.25) is 0 Å². The van der Waals surface area contributed by atoms with Gasteiger partial charge in [-0.25, -0.2) is 0 Å². The van der Waals surface area contributed by atoms with E-state index in [-0.39, 0.29) is 17.4 Å². The molecule has 6 heteroatoms. The molecule has 2 atom stereocenters. The van der Waals surface area contributed by atoms with Crippen LogP contribution in [0.25, 0.3) is 11.3 Å². The highest BCUT2D eigenvalue weighted by atomic mass is 16.2. The number of piperidine rings is 1. The van der Waals surface area contributed by atoms with Gasteiger partial charge in [-0.1, -0.05) is 44.2 Å². The van der Waals surface area contributed by atoms with Gasteiger partial charge in [-0.15, -0.1) is 0 Å². The first-order chi connectivity index (χ1) is 15.0. The van der Waals surface area contributed by atoms with E-state index in [0.29, 0.717) is 37.2 Å². The number of carbonyl (C=O) groups excluding carboxylic acids is 1. The zero-order valence-corrected chi connectivity index (χ0v) is 18.0. The minimum atomic E-state index is -0.0170. The second-order valence-electron chi connectivity index (χ2n) is 9.37. The SMILES string of the molecule is CC(C)Cc1ccc(-c2cc(C(=O)N3C[C@H]4C[C@@H](C3)c3cccc(=O)n3C4)[nH]n2)cc1. The molecule has 3 aromatic rings. The number of carbonyl (C=O) groups is 1. The fraction of sp³-hybridized carbons (Fsp3) is 0.400. The molecule has 0 radical (unpaired) electrons. The number of rotatable bonds is 4. The second-order valence-corrected chi connectivity index (χ2v) is 9.37. The Labute approximate surface area is 181 Å². The molecule has 2 aromatic heterocycles. The average Bonchev–Trinajstić information content (AvgIpc) is 3.24. The summed E-state index contributed by atoms with van der Waals surface area (Å²) < 4.78 is 1.89. The van der Waals surface area contributed by atoms with Crippen molar-refractivity contribution in [3.05, 3.63) is 75.8 Å². The van der Waals surface area contributed by atoms with E-state index in [4.69, 9.17) is 0 Å². The van der Waals surface area contributed by atoms with Crippen LogP contribution < -0.4 is 5.56 Å². The normalized spacial score (nSPS) is 20.0. The number of fused-ring (bicyclic) bond motifs is 4. The molecule has 1 saturated heterocycles. The topological polar surface area (TPSA) is 71.0 Å². The molecule has 160 valence electrons. The van der Waals surface area contributed by atoms with Crippen LogP contribution in [-0.2, 0) is 13.0 Å². The van der Waals surface area contributed by atoms with E-state index in [1.54, 1.807) is 6.07 Å². The fourth-order valence-electron chi connectivity index (χ4n) is 5.09. The molecule has 0 saturated carbocycles. The smallest absolute Gasteiger partial charge is 0.271 e. The predicted octanol–water partition coefficient (Wildman–Crippen LogP) is 3.70. The maximum absolute atomic E-state index is 13.2. The van der Waals surface area contributed by atoms with Crippen LogP contribution in [0.3, 0.4) is 0 Å². The lowest BCUT2D eigenvalue weighted by atomic mass is 9.83. The number of nitrogens with zero attached hydrogens (tertiary/aromatic N) is 3. The molecule has 0 spiro atoms. The monoisotopic (exact) mass is 416 g/mol. The van der Waals surface area contributed by atoms with Crippen molar-refractivity contribution in [2.75, 3.05) is 13.1 Å². The maximum atomic E-state index is 13.2. The van der Waals surface area contributed by atoms with Crippen LogP contribution >= 0.6 is 0 Å². The van der Waals surface area contributed by atoms with Gasteiger partial charge in [0.05, 0.1) is 5.69 Å². The van der Waals surface area contributed by atoms with Gasteiger partial charge in [0.15, 0.2) is 0 Å². The first kappa shape index (κ1) is 19.8. The van der Waals surface area contributed by atoms with Gasteiger partial charge < -0.3 is 9.47 Å². The van der Waals surface area contributed by atoms with Crippen LogP contribution in [0.15, 0.2) is 53.3 Å². The quantitative estimate of drug-likeness (QED) is 0.705. The van der Waals surface area contributed by atoms with E-state index in [0.717, 1.165) is 29.8 Å². The van der Waals surface area contributed by atoms with Crippen molar-refractivity contribution in [2.45, 2.75) is 39.2 Å². The van der Waals surface area contributed by atoms with Crippen molar-refractivity contribution in [1.82, 2.24) is 19.7 Å². The number of hydrogen-bond donors (Lipinski definition) is 1. The van der Waals surface area contributed by atoms with Gasteiger partial charge in [0, 0.05) is 42.9 Å². The summed E-state index contributed by atoms with van der Waals surface area (Å²) >= 11 is 0. The third-order valence-electron chi connectivity index (χ3n) is 6.47. The Morgan fingerprint density at radius 2 is 1.94 bits per heavy atom. The minimum absolute atomic E-state index is 0.0170. The van der Waals surface area contributed by atoms with Crippen molar-refractivity contribution in [2.24, 2.45) is 11.8 Å². The van der Waals surface area contributed by atoms with Gasteiger partial charge in [-0.05, 0) is 42.4 Å². The van der Waals surface area contributed by atoms with Crippen molar-refractivity contribution in [3.63, 3.8) is 0 Å². The minimum Gasteiger partial charge on any atom is -0.336 e. The molecule has 2 bridgehead atoms. The molecule has 1 fully saturated rings. The lowest BCUT2D eigenvalue weighted by Crippen LogP contribution is -2.49. The third kappa shape index (κ3) is 3.82. The third-order valence-corrected chi connectivity index (χ3v) is 6.47. The summed E-state index contributed by atoms with van der Waals surface area (Å²) in [5.41, 5.74) is 4.73. The van der Waals surface area contributed by atoms with Crippen molar-refractivity contribution >= 4 is 5.91 Å². The first-order valence-corrected chi connectivity index (χ1v) is 11.1. The lowest BCUT2D eigenvalue weighted by molar-refractivity contribution is 0.0588. The van der Waals surface area contributed by atoms with E-state index in [2.05, 4.69) is 48.3 Å². The lowest BCUT2D eigenvalue weighted by Gasteiger charge is -2.42. The highest BCUT2D eigenvalue weighted by molar-refractivity contribution is 5.93. The summed E-state index contributed by atoms with van der Waals surface area (Å²) in [7, 11) is 0. The van der Waals surface area contributed by atoms with Crippen molar-refractivity contribution in [1.29, 1.82) is 0 Å². The number of nitrogens with one attached hydrogen (secondary N) is 1. The summed E-state index contributed by atoms with van der Waals surface area (Å²) in [5.74, 6) is 1.12. The summed E-state index contributed by atoms with van der Waals surface area (Å²) in [6, 6.07) is 15.7. The molecule has 1 N–H and O–H groups in total. The molecule has 0 unspecified atom stereocenters. The van der Waals surface area contributed by atoms with Crippen LogP contribution in [0.1, 0.15) is 47.9 Å². The van der Waals surface area contributed by atoms with Crippen molar-refractivity contribution in [3.8, 4) is 11.3 Å². The molecule has 2 aliphatic rings. The van der Waals surface area contributed by atoms with E-state index in [9.17, 15) is 9.59 Å². The van der Waals surface area contributed by atoms with Gasteiger partial charge >= 0.3 is 0 Å². The fourth-order valence-corrected chi connectivity index (χ4v) is 5.09. The van der Waals surface area contributed by atoms with Crippen LogP contribution in [0.4, 0.5) is 0 Å². The highest BCUT2D eigenvalue weighted by Gasteiger charge is 2.36. The summed E-state index contributed by atoms with van der Waals surface area (Å²) in [5, 5.41) is 7.34. The second kappa shape index (κ2) is 7.84. The number of H-pyrrole nitrogens is 1. The van der Waals surface area contributed by atoms with Crippen LogP contribution in [-0.4, -0.2) is 38.7 Å². The molecule has 0 aliphatic carbocycles. The van der Waals surface area contributed by atoms with Gasteiger partial charge in [0.25, 0.3) is 11.5 Å². The van der Waals surface area contributed by atoms with Gasteiger partial charge in [-0.3, -0.25) is 14.7 Å². The molecular weight excluding hydrogens is 388 g/mol. The van der Waals surface area contributed by atoms with Gasteiger partial charge in [-0.2, -0.15) is 5.10 Å². The number of aromatic amines is 1. The molecule has 4 heterocycles. The van der Waals surface area contributed by atoms with E-state index < -0.39 is 0 Å². The number of aromatic nitrogens is 3. The molecular formula is C25H28N4O2. The Balaban J connectivity index is 1.33. The zero-order chi connectivity index (χ0) is 21.5. The van der Waals surface area contributed by atoms with Crippen LogP contribution in [0, 0.1) is 11.8 Å². The molecule has 1 aromatic carbocycles. The number of hydrogen-bond acceptors (Lipinski definition) is 3. The Hall–Kier alpha value is -3.15. The molecule has 6 nitrogen and oxygen atoms in total. The molecule has 5 rings (SSSR count). The molecule has 2 aliphatic heterocycles. The Morgan fingerprint density at radius 3 is 2.71 bits per heavy atom. The Morgan fingerprint density at radius 1 is 1.13 bits per heavy atom. The van der Waals surface area contributed by atoms with Crippen LogP contribution in [0.5, 0.6) is 0 Å². The average molecular weight is 417 g/mol. The molecule has 1 amide bonds. The highest BCUT2D eigenvalue weighted by Crippen LogP contribution is 2.35. The van der Waals surface area contributed by atoms with E-state index in [1.165, 1.54) is 5.56 Å². The molecule has 31 heavy (non-hydrogen) atoms. The summed E-state index contributed by atoms with van der Waals surface area (Å²) in [6.07, 6.45) is 2.08. The predicted molar refractivity (Wildman–Crippen MR) is 120 cm³/mol. The standard InChI is InChI=1S/C25H28N4O2/c1-16(2)10-17-6-8-19(9-7-17)21-12-22(27-26-21)25(31)28-13-18-11-20(15-28)23-4-3-5-24(30)29(23)14-18/h3-9,12,16,18,20H,10-11,13-15H2,1-2H3,(H,26,27)/t18-,20+/m1/s1. The number of pyridine rings is 1. The largest absolute Gasteiger partial charge is 0.336 e. The number of benzene rings is 1. The van der Waals surface area contributed by atoms with E-state index >= 15 is 0 Å². The van der Waals surface area contributed by atoms with E-state index in [1.807, 2.05) is 27.7 Å². The van der Waals surface area contributed by atoms with Gasteiger partial charge in [0.1, 0.15) is 5.69 Å². The maximum Gasteiger partial charge on any atom is 0.271 e. The Bertz CT molecular complexity index is 1160. The zero-order valence-electron chi connectivity index (χ0n) is 18.0. The summed E-state index contributed by atoms with van der Waals surface area (Å²) in [6.45, 7) is 6.42.